The van der Waals surface area contributed by atoms with E-state index in [0.717, 1.165) is 0 Å². The van der Waals surface area contributed by atoms with Crippen molar-refractivity contribution in [2.24, 2.45) is 0 Å². The maximum Gasteiger partial charge on any atom is 0.362 e. The summed E-state index contributed by atoms with van der Waals surface area (Å²) in [7, 11) is -4.28. The molecule has 1 aromatic rings. The summed E-state index contributed by atoms with van der Waals surface area (Å²) in [6, 6.07) is 7.99. The van der Waals surface area contributed by atoms with Crippen molar-refractivity contribution in [1.29, 1.82) is 0 Å². The lowest BCUT2D eigenvalue weighted by Crippen LogP contribution is -2.06. The van der Waals surface area contributed by atoms with Crippen molar-refractivity contribution in [3.63, 3.8) is 0 Å². The summed E-state index contributed by atoms with van der Waals surface area (Å²) in [5, 5.41) is 0. The molecule has 0 heterocycles. The predicted octanol–water partition coefficient (Wildman–Crippen LogP) is 0.979. The van der Waals surface area contributed by atoms with Gasteiger partial charge in [0.1, 0.15) is 0 Å². The van der Waals surface area contributed by atoms with Gasteiger partial charge in [-0.05, 0) is 12.1 Å². The minimum atomic E-state index is -4.28. The van der Waals surface area contributed by atoms with E-state index in [9.17, 15) is 9.36 Å². The van der Waals surface area contributed by atoms with Gasteiger partial charge in [0.2, 0.25) is 0 Å². The van der Waals surface area contributed by atoms with E-state index in [4.69, 9.17) is 9.79 Å². The summed E-state index contributed by atoms with van der Waals surface area (Å²) in [6.07, 6.45) is -0.888. The van der Waals surface area contributed by atoms with Crippen LogP contribution in [0, 0.1) is 0 Å². The fourth-order valence-corrected chi connectivity index (χ4v) is 1.09. The third kappa shape index (κ3) is 3.70. The van der Waals surface area contributed by atoms with Crippen LogP contribution in [-0.4, -0.2) is 22.1 Å². The van der Waals surface area contributed by atoms with Crippen molar-refractivity contribution in [2.45, 2.75) is 0 Å². The van der Waals surface area contributed by atoms with Crippen LogP contribution in [0.2, 0.25) is 0 Å². The van der Waals surface area contributed by atoms with Gasteiger partial charge in [-0.25, -0.2) is 4.79 Å². The van der Waals surface area contributed by atoms with Gasteiger partial charge in [-0.2, -0.15) is 0 Å². The molecule has 0 atom stereocenters. The SMILES string of the molecule is O=C(OCP(=O)(O)O)c1ccccc1. The highest BCUT2D eigenvalue weighted by Crippen LogP contribution is 2.34. The molecule has 0 spiro atoms. The lowest BCUT2D eigenvalue weighted by Gasteiger charge is -2.05. The summed E-state index contributed by atoms with van der Waals surface area (Å²) in [4.78, 5) is 28.0. The van der Waals surface area contributed by atoms with E-state index in [1.54, 1.807) is 18.2 Å². The Kier molecular flexibility index (Phi) is 3.41. The summed E-state index contributed by atoms with van der Waals surface area (Å²) in [5.41, 5.74) is 0.265. The standard InChI is InChI=1S/C8H9O5P/c9-8(13-6-14(10,11)12)7-4-2-1-3-5-7/h1-5H,6H2,(H2,10,11,12). The maximum absolute atomic E-state index is 11.1. The monoisotopic (exact) mass is 216 g/mol. The molecule has 76 valence electrons. The fraction of sp³-hybridized carbons (Fsp3) is 0.125. The van der Waals surface area contributed by atoms with Crippen LogP contribution < -0.4 is 0 Å². The molecule has 0 amide bonds. The van der Waals surface area contributed by atoms with E-state index in [2.05, 4.69) is 4.74 Å². The van der Waals surface area contributed by atoms with Gasteiger partial charge in [0.15, 0.2) is 6.35 Å². The van der Waals surface area contributed by atoms with Gasteiger partial charge in [-0.3, -0.25) is 4.57 Å². The van der Waals surface area contributed by atoms with E-state index in [-0.39, 0.29) is 5.56 Å². The van der Waals surface area contributed by atoms with Crippen molar-refractivity contribution < 1.29 is 23.9 Å². The van der Waals surface area contributed by atoms with Crippen LogP contribution in [0.15, 0.2) is 30.3 Å². The Hall–Kier alpha value is -1.16. The zero-order valence-electron chi connectivity index (χ0n) is 7.16. The minimum absolute atomic E-state index is 0.265. The summed E-state index contributed by atoms with van der Waals surface area (Å²) in [5.74, 6) is -0.742. The average molecular weight is 216 g/mol. The summed E-state index contributed by atoms with van der Waals surface area (Å²) in [6.45, 7) is 0. The van der Waals surface area contributed by atoms with Crippen LogP contribution in [0.4, 0.5) is 0 Å². The van der Waals surface area contributed by atoms with Gasteiger partial charge in [0, 0.05) is 0 Å². The smallest absolute Gasteiger partial charge is 0.362 e. The highest BCUT2D eigenvalue weighted by Gasteiger charge is 2.16. The van der Waals surface area contributed by atoms with Gasteiger partial charge in [0.25, 0.3) is 0 Å². The maximum atomic E-state index is 11.1. The Balaban J connectivity index is 2.57. The number of hydrogen-bond acceptors (Lipinski definition) is 3. The Morgan fingerprint density at radius 1 is 1.29 bits per heavy atom. The molecule has 0 saturated carbocycles. The number of esters is 1. The molecule has 0 aliphatic heterocycles. The quantitative estimate of drug-likeness (QED) is 0.581. The molecule has 0 radical (unpaired) electrons. The van der Waals surface area contributed by atoms with Crippen molar-refractivity contribution in [2.75, 3.05) is 6.35 Å². The van der Waals surface area contributed by atoms with Gasteiger partial charge in [-0.15, -0.1) is 0 Å². The first-order valence-electron chi connectivity index (χ1n) is 3.76. The van der Waals surface area contributed by atoms with Crippen LogP contribution in [0.5, 0.6) is 0 Å². The molecule has 0 aliphatic rings. The Morgan fingerprint density at radius 2 is 1.86 bits per heavy atom. The molecule has 0 aromatic heterocycles. The Labute approximate surface area is 80.5 Å². The third-order valence-corrected chi connectivity index (χ3v) is 1.84. The minimum Gasteiger partial charge on any atom is -0.449 e. The lowest BCUT2D eigenvalue weighted by atomic mass is 10.2. The van der Waals surface area contributed by atoms with Crippen LogP contribution in [0.25, 0.3) is 0 Å². The number of rotatable bonds is 3. The second-order valence-electron chi connectivity index (χ2n) is 2.59. The molecule has 0 fully saturated rings. The first-order chi connectivity index (χ1) is 6.49. The normalized spacial score (nSPS) is 11.0. The van der Waals surface area contributed by atoms with Crippen molar-refractivity contribution >= 4 is 13.6 Å². The van der Waals surface area contributed by atoms with Crippen molar-refractivity contribution in [1.82, 2.24) is 0 Å². The molecule has 1 aromatic carbocycles. The third-order valence-electron chi connectivity index (χ3n) is 1.37. The molecule has 0 unspecified atom stereocenters. The fourth-order valence-electron chi connectivity index (χ4n) is 0.800. The number of carbonyl (C=O) groups is 1. The molecule has 5 nitrogen and oxygen atoms in total. The highest BCUT2D eigenvalue weighted by molar-refractivity contribution is 7.51. The zero-order valence-corrected chi connectivity index (χ0v) is 8.05. The molecule has 0 aliphatic carbocycles. The van der Waals surface area contributed by atoms with Gasteiger partial charge >= 0.3 is 13.6 Å². The van der Waals surface area contributed by atoms with Crippen molar-refractivity contribution in [3.05, 3.63) is 35.9 Å². The molecule has 1 rings (SSSR count). The van der Waals surface area contributed by atoms with E-state index in [1.807, 2.05) is 0 Å². The van der Waals surface area contributed by atoms with Crippen LogP contribution in [-0.2, 0) is 9.30 Å². The topological polar surface area (TPSA) is 83.8 Å². The van der Waals surface area contributed by atoms with Gasteiger partial charge in [0.05, 0.1) is 5.56 Å². The van der Waals surface area contributed by atoms with Gasteiger partial charge in [-0.1, -0.05) is 18.2 Å². The first kappa shape index (κ1) is 10.9. The molecule has 14 heavy (non-hydrogen) atoms. The lowest BCUT2D eigenvalue weighted by molar-refractivity contribution is 0.0550. The molecule has 0 bridgehead atoms. The van der Waals surface area contributed by atoms with Crippen LogP contribution in [0.1, 0.15) is 10.4 Å². The Morgan fingerprint density at radius 3 is 2.36 bits per heavy atom. The van der Waals surface area contributed by atoms with Gasteiger partial charge < -0.3 is 14.5 Å². The van der Waals surface area contributed by atoms with E-state index in [0.29, 0.717) is 0 Å². The predicted molar refractivity (Wildman–Crippen MR) is 48.8 cm³/mol. The van der Waals surface area contributed by atoms with Crippen LogP contribution >= 0.6 is 7.60 Å². The highest BCUT2D eigenvalue weighted by atomic mass is 31.2. The average Bonchev–Trinajstić information content (AvgIpc) is 2.14. The molecule has 0 saturated heterocycles. The molecule has 6 heteroatoms. The van der Waals surface area contributed by atoms with Crippen LogP contribution in [0.3, 0.4) is 0 Å². The number of benzene rings is 1. The largest absolute Gasteiger partial charge is 0.449 e. The van der Waals surface area contributed by atoms with E-state index in [1.165, 1.54) is 12.1 Å². The Bertz CT molecular complexity index is 355. The van der Waals surface area contributed by atoms with E-state index >= 15 is 0 Å². The molecular formula is C8H9O5P. The number of hydrogen-bond donors (Lipinski definition) is 2. The van der Waals surface area contributed by atoms with E-state index < -0.39 is 19.9 Å². The zero-order chi connectivity index (χ0) is 10.6. The number of ether oxygens (including phenoxy) is 1. The summed E-state index contributed by atoms with van der Waals surface area (Å²) < 4.78 is 14.8. The summed E-state index contributed by atoms with van der Waals surface area (Å²) >= 11 is 0. The second kappa shape index (κ2) is 4.37. The second-order valence-corrected chi connectivity index (χ2v) is 4.18. The molecular weight excluding hydrogens is 207 g/mol. The number of carbonyl (C=O) groups excluding carboxylic acids is 1. The first-order valence-corrected chi connectivity index (χ1v) is 5.55. The van der Waals surface area contributed by atoms with Crippen molar-refractivity contribution in [3.8, 4) is 0 Å². The molecule has 2 N–H and O–H groups in total.